The first-order valence-corrected chi connectivity index (χ1v) is 6.58. The lowest BCUT2D eigenvalue weighted by molar-refractivity contribution is 0.0600. The molecule has 0 aromatic heterocycles. The number of rotatable bonds is 4. The lowest BCUT2D eigenvalue weighted by atomic mass is 9.98. The van der Waals surface area contributed by atoms with E-state index in [0.717, 1.165) is 11.1 Å². The number of hydrogen-bond donors (Lipinski definition) is 0. The molecule has 3 heteroatoms. The van der Waals surface area contributed by atoms with Crippen LogP contribution < -0.4 is 4.74 Å². The van der Waals surface area contributed by atoms with E-state index in [1.807, 2.05) is 31.2 Å². The van der Waals surface area contributed by atoms with Crippen molar-refractivity contribution in [2.75, 3.05) is 13.7 Å². The number of carbonyl (C=O) groups excluding carboxylic acids is 1. The number of methoxy groups -OCH3 is 1. The average molecular weight is 270 g/mol. The van der Waals surface area contributed by atoms with Gasteiger partial charge < -0.3 is 9.47 Å². The highest BCUT2D eigenvalue weighted by Gasteiger charge is 2.13. The van der Waals surface area contributed by atoms with Crippen LogP contribution in [-0.4, -0.2) is 19.7 Å². The zero-order valence-corrected chi connectivity index (χ0v) is 12.0. The van der Waals surface area contributed by atoms with Crippen molar-refractivity contribution in [2.45, 2.75) is 13.8 Å². The fraction of sp³-hybridized carbons (Fsp3) is 0.235. The van der Waals surface area contributed by atoms with Gasteiger partial charge in [0.15, 0.2) is 0 Å². The molecule has 0 spiro atoms. The third-order valence-corrected chi connectivity index (χ3v) is 3.14. The molecule has 0 amide bonds. The van der Waals surface area contributed by atoms with Gasteiger partial charge in [-0.05, 0) is 43.2 Å². The molecule has 0 atom stereocenters. The zero-order chi connectivity index (χ0) is 14.5. The number of hydrogen-bond acceptors (Lipinski definition) is 3. The third-order valence-electron chi connectivity index (χ3n) is 3.14. The summed E-state index contributed by atoms with van der Waals surface area (Å²) in [6.45, 7) is 4.52. The van der Waals surface area contributed by atoms with E-state index in [1.165, 1.54) is 12.7 Å². The second-order valence-electron chi connectivity index (χ2n) is 4.45. The Hall–Kier alpha value is -2.29. The molecule has 0 radical (unpaired) electrons. The summed E-state index contributed by atoms with van der Waals surface area (Å²) >= 11 is 0. The molecule has 2 rings (SSSR count). The molecule has 2 aromatic rings. The highest BCUT2D eigenvalue weighted by molar-refractivity contribution is 5.91. The molecule has 0 aliphatic carbocycles. The van der Waals surface area contributed by atoms with Crippen molar-refractivity contribution in [1.29, 1.82) is 0 Å². The fourth-order valence-electron chi connectivity index (χ4n) is 2.14. The van der Waals surface area contributed by atoms with E-state index in [0.29, 0.717) is 17.9 Å². The van der Waals surface area contributed by atoms with Gasteiger partial charge in [0.2, 0.25) is 0 Å². The first kappa shape index (κ1) is 14.1. The molecule has 104 valence electrons. The zero-order valence-electron chi connectivity index (χ0n) is 12.0. The molecule has 0 aliphatic heterocycles. The molecule has 0 aliphatic rings. The summed E-state index contributed by atoms with van der Waals surface area (Å²) in [6.07, 6.45) is 0. The summed E-state index contributed by atoms with van der Waals surface area (Å²) in [5, 5.41) is 0. The van der Waals surface area contributed by atoms with Crippen LogP contribution in [0.1, 0.15) is 22.8 Å². The lowest BCUT2D eigenvalue weighted by Gasteiger charge is -2.13. The van der Waals surface area contributed by atoms with Crippen LogP contribution in [-0.2, 0) is 4.74 Å². The number of benzene rings is 2. The number of aryl methyl sites for hydroxylation is 1. The van der Waals surface area contributed by atoms with E-state index in [2.05, 4.69) is 13.0 Å². The molecule has 2 aromatic carbocycles. The Morgan fingerprint density at radius 3 is 2.50 bits per heavy atom. The molecule has 3 nitrogen and oxygen atoms in total. The van der Waals surface area contributed by atoms with Crippen molar-refractivity contribution in [3.8, 4) is 16.9 Å². The predicted octanol–water partition coefficient (Wildman–Crippen LogP) is 3.85. The number of ether oxygens (including phenoxy) is 2. The Morgan fingerprint density at radius 1 is 1.10 bits per heavy atom. The maximum atomic E-state index is 11.6. The average Bonchev–Trinajstić information content (AvgIpc) is 2.47. The van der Waals surface area contributed by atoms with Crippen molar-refractivity contribution in [1.82, 2.24) is 0 Å². The molecule has 0 unspecified atom stereocenters. The molecular formula is C17H18O3. The molecule has 0 fully saturated rings. The summed E-state index contributed by atoms with van der Waals surface area (Å²) < 4.78 is 10.4. The third kappa shape index (κ3) is 2.82. The molecule has 0 heterocycles. The summed E-state index contributed by atoms with van der Waals surface area (Å²) in [5.41, 5.74) is 3.75. The van der Waals surface area contributed by atoms with Crippen molar-refractivity contribution < 1.29 is 14.3 Å². The van der Waals surface area contributed by atoms with E-state index in [1.54, 1.807) is 12.1 Å². The summed E-state index contributed by atoms with van der Waals surface area (Å²) in [6, 6.07) is 13.5. The summed E-state index contributed by atoms with van der Waals surface area (Å²) in [4.78, 5) is 11.6. The largest absolute Gasteiger partial charge is 0.493 e. The lowest BCUT2D eigenvalue weighted by Crippen LogP contribution is -2.03. The van der Waals surface area contributed by atoms with Crippen molar-refractivity contribution in [3.05, 3.63) is 53.6 Å². The van der Waals surface area contributed by atoms with Crippen molar-refractivity contribution in [3.63, 3.8) is 0 Å². The Balaban J connectivity index is 2.53. The minimum Gasteiger partial charge on any atom is -0.493 e. The predicted molar refractivity (Wildman–Crippen MR) is 79.1 cm³/mol. The maximum absolute atomic E-state index is 11.6. The van der Waals surface area contributed by atoms with Gasteiger partial charge in [-0.2, -0.15) is 0 Å². The molecule has 0 N–H and O–H groups in total. The Labute approximate surface area is 119 Å². The van der Waals surface area contributed by atoms with Crippen LogP contribution in [0.15, 0.2) is 42.5 Å². The molecule has 20 heavy (non-hydrogen) atoms. The van der Waals surface area contributed by atoms with Crippen LogP contribution in [0.5, 0.6) is 5.75 Å². The van der Waals surface area contributed by atoms with E-state index >= 15 is 0 Å². The van der Waals surface area contributed by atoms with Gasteiger partial charge in [-0.25, -0.2) is 4.79 Å². The minimum atomic E-state index is -0.359. The normalized spacial score (nSPS) is 10.2. The second kappa shape index (κ2) is 6.24. The van der Waals surface area contributed by atoms with E-state index in [9.17, 15) is 4.79 Å². The van der Waals surface area contributed by atoms with Gasteiger partial charge in [0, 0.05) is 5.56 Å². The van der Waals surface area contributed by atoms with Crippen LogP contribution in [0.2, 0.25) is 0 Å². The Morgan fingerprint density at radius 2 is 1.85 bits per heavy atom. The number of carbonyl (C=O) groups is 1. The van der Waals surface area contributed by atoms with Gasteiger partial charge in [0.05, 0.1) is 19.3 Å². The Kier molecular flexibility index (Phi) is 4.41. The Bertz CT molecular complexity index is 617. The smallest absolute Gasteiger partial charge is 0.337 e. The second-order valence-corrected chi connectivity index (χ2v) is 4.45. The quantitative estimate of drug-likeness (QED) is 0.792. The molecule has 0 saturated carbocycles. The van der Waals surface area contributed by atoms with E-state index in [-0.39, 0.29) is 5.97 Å². The highest BCUT2D eigenvalue weighted by Crippen LogP contribution is 2.33. The summed E-state index contributed by atoms with van der Waals surface area (Å²) in [7, 11) is 1.37. The molecular weight excluding hydrogens is 252 g/mol. The first-order valence-electron chi connectivity index (χ1n) is 6.58. The van der Waals surface area contributed by atoms with Crippen molar-refractivity contribution in [2.24, 2.45) is 0 Å². The maximum Gasteiger partial charge on any atom is 0.337 e. The van der Waals surface area contributed by atoms with Crippen LogP contribution in [0.25, 0.3) is 11.1 Å². The standard InChI is InChI=1S/C17H18O3/c1-4-20-16-11-13(17(18)19-3)9-10-15(16)14-8-6-5-7-12(14)2/h5-11H,4H2,1-3H3. The fourth-order valence-corrected chi connectivity index (χ4v) is 2.14. The van der Waals surface area contributed by atoms with Gasteiger partial charge in [0.25, 0.3) is 0 Å². The number of esters is 1. The monoisotopic (exact) mass is 270 g/mol. The van der Waals surface area contributed by atoms with Crippen LogP contribution in [0.3, 0.4) is 0 Å². The van der Waals surface area contributed by atoms with Gasteiger partial charge >= 0.3 is 5.97 Å². The van der Waals surface area contributed by atoms with Gasteiger partial charge in [0.1, 0.15) is 5.75 Å². The van der Waals surface area contributed by atoms with Gasteiger partial charge in [-0.1, -0.05) is 24.3 Å². The SMILES string of the molecule is CCOc1cc(C(=O)OC)ccc1-c1ccccc1C. The topological polar surface area (TPSA) is 35.5 Å². The van der Waals surface area contributed by atoms with E-state index in [4.69, 9.17) is 9.47 Å². The molecule has 0 saturated heterocycles. The van der Waals surface area contributed by atoms with Gasteiger partial charge in [-0.3, -0.25) is 0 Å². The minimum absolute atomic E-state index is 0.359. The van der Waals surface area contributed by atoms with E-state index < -0.39 is 0 Å². The molecule has 0 bridgehead atoms. The van der Waals surface area contributed by atoms with Crippen LogP contribution in [0.4, 0.5) is 0 Å². The van der Waals surface area contributed by atoms with Crippen LogP contribution in [0, 0.1) is 6.92 Å². The van der Waals surface area contributed by atoms with Crippen molar-refractivity contribution >= 4 is 5.97 Å². The summed E-state index contributed by atoms with van der Waals surface area (Å²) in [5.74, 6) is 0.340. The van der Waals surface area contributed by atoms with Gasteiger partial charge in [-0.15, -0.1) is 0 Å². The first-order chi connectivity index (χ1) is 9.67. The van der Waals surface area contributed by atoms with Crippen LogP contribution >= 0.6 is 0 Å². The highest BCUT2D eigenvalue weighted by atomic mass is 16.5.